The summed E-state index contributed by atoms with van der Waals surface area (Å²) in [5.74, 6) is -0.425. The lowest BCUT2D eigenvalue weighted by molar-refractivity contribution is -0.126. The minimum Gasteiger partial charge on any atom is -0.344 e. The summed E-state index contributed by atoms with van der Waals surface area (Å²) in [6.07, 6.45) is 4.86. The van der Waals surface area contributed by atoms with E-state index >= 15 is 0 Å². The largest absolute Gasteiger partial charge is 0.344 e. The average molecular weight is 471 g/mol. The Morgan fingerprint density at radius 1 is 1.00 bits per heavy atom. The smallest absolute Gasteiger partial charge is 0.249 e. The first kappa shape index (κ1) is 23.9. The first-order valence-electron chi connectivity index (χ1n) is 10.8. The molecule has 8 heteroatoms. The first-order valence-corrected chi connectivity index (χ1v) is 12.0. The average Bonchev–Trinajstić information content (AvgIpc) is 3.26. The van der Waals surface area contributed by atoms with E-state index in [0.29, 0.717) is 28.0 Å². The summed E-state index contributed by atoms with van der Waals surface area (Å²) in [5, 5.41) is 15.6. The molecule has 1 aromatic heterocycles. The van der Waals surface area contributed by atoms with E-state index < -0.39 is 6.04 Å². The highest BCUT2D eigenvalue weighted by atomic mass is 35.5. The van der Waals surface area contributed by atoms with Gasteiger partial charge >= 0.3 is 0 Å². The quantitative estimate of drug-likeness (QED) is 0.362. The molecule has 32 heavy (non-hydrogen) atoms. The minimum absolute atomic E-state index is 0.115. The third-order valence-corrected chi connectivity index (χ3v) is 6.08. The van der Waals surface area contributed by atoms with E-state index in [0.717, 1.165) is 36.8 Å². The monoisotopic (exact) mass is 470 g/mol. The number of amides is 2. The van der Waals surface area contributed by atoms with Crippen molar-refractivity contribution in [2.24, 2.45) is 0 Å². The maximum atomic E-state index is 13.0. The Morgan fingerprint density at radius 2 is 1.75 bits per heavy atom. The Morgan fingerprint density at radius 3 is 2.47 bits per heavy atom. The van der Waals surface area contributed by atoms with E-state index in [-0.39, 0.29) is 11.8 Å². The van der Waals surface area contributed by atoms with Crippen molar-refractivity contribution in [2.75, 3.05) is 5.32 Å². The van der Waals surface area contributed by atoms with Gasteiger partial charge in [0.05, 0.1) is 0 Å². The lowest BCUT2D eigenvalue weighted by Crippen LogP contribution is -2.45. The number of unbranched alkanes of at least 4 members (excludes halogenated alkanes) is 3. The second kappa shape index (κ2) is 12.3. The molecule has 3 rings (SSSR count). The van der Waals surface area contributed by atoms with Gasteiger partial charge in [0.25, 0.3) is 0 Å². The number of hydrogen-bond acceptors (Lipinski definition) is 5. The Labute approximate surface area is 197 Å². The van der Waals surface area contributed by atoms with Gasteiger partial charge in [0, 0.05) is 23.4 Å². The molecule has 1 heterocycles. The number of carbonyl (C=O) groups is 2. The molecule has 0 spiro atoms. The van der Waals surface area contributed by atoms with Crippen molar-refractivity contribution in [2.45, 2.75) is 51.5 Å². The van der Waals surface area contributed by atoms with E-state index in [9.17, 15) is 9.59 Å². The van der Waals surface area contributed by atoms with Gasteiger partial charge in [-0.1, -0.05) is 91.6 Å². The number of benzene rings is 2. The summed E-state index contributed by atoms with van der Waals surface area (Å²) in [6.45, 7) is 2.13. The van der Waals surface area contributed by atoms with Crippen LogP contribution < -0.4 is 10.6 Å². The number of carbonyl (C=O) groups excluding carboxylic acids is 2. The fourth-order valence-electron chi connectivity index (χ4n) is 3.21. The Kier molecular flexibility index (Phi) is 9.19. The van der Waals surface area contributed by atoms with Crippen LogP contribution in [0, 0.1) is 0 Å². The molecule has 1 unspecified atom stereocenters. The molecule has 2 N–H and O–H groups in total. The standard InChI is InChI=1S/C24H27ClN4O2S/c1-2-3-4-8-11-21(30)26-20(16-17-9-6-5-7-10-17)22(31)27-24-29-28-23(32-24)18-12-14-19(25)15-13-18/h5-7,9-10,12-15,20H,2-4,8,11,16H2,1H3,(H,26,30)(H,27,29,31). The van der Waals surface area contributed by atoms with Crippen LogP contribution in [0.4, 0.5) is 5.13 Å². The van der Waals surface area contributed by atoms with Gasteiger partial charge in [0.2, 0.25) is 16.9 Å². The van der Waals surface area contributed by atoms with Gasteiger partial charge in [0.15, 0.2) is 0 Å². The highest BCUT2D eigenvalue weighted by Crippen LogP contribution is 2.27. The molecule has 0 radical (unpaired) electrons. The predicted molar refractivity (Wildman–Crippen MR) is 130 cm³/mol. The van der Waals surface area contributed by atoms with Crippen LogP contribution in [0.25, 0.3) is 10.6 Å². The fraction of sp³-hybridized carbons (Fsp3) is 0.333. The summed E-state index contributed by atoms with van der Waals surface area (Å²) >= 11 is 7.21. The molecule has 0 fully saturated rings. The van der Waals surface area contributed by atoms with Crippen LogP contribution in [0.5, 0.6) is 0 Å². The normalized spacial score (nSPS) is 11.7. The maximum Gasteiger partial charge on any atom is 0.249 e. The number of hydrogen-bond donors (Lipinski definition) is 2. The van der Waals surface area contributed by atoms with Gasteiger partial charge in [-0.3, -0.25) is 14.9 Å². The van der Waals surface area contributed by atoms with Crippen molar-refractivity contribution in [3.05, 3.63) is 65.2 Å². The molecule has 6 nitrogen and oxygen atoms in total. The summed E-state index contributed by atoms with van der Waals surface area (Å²) < 4.78 is 0. The Hall–Kier alpha value is -2.77. The third-order valence-electron chi connectivity index (χ3n) is 4.94. The number of halogens is 1. The lowest BCUT2D eigenvalue weighted by atomic mass is 10.0. The zero-order valence-corrected chi connectivity index (χ0v) is 19.6. The maximum absolute atomic E-state index is 13.0. The van der Waals surface area contributed by atoms with Gasteiger partial charge in [-0.15, -0.1) is 10.2 Å². The van der Waals surface area contributed by atoms with E-state index in [2.05, 4.69) is 27.8 Å². The Bertz CT molecular complexity index is 1010. The molecule has 2 aromatic carbocycles. The molecule has 0 saturated heterocycles. The fourth-order valence-corrected chi connectivity index (χ4v) is 4.09. The molecule has 3 aromatic rings. The van der Waals surface area contributed by atoms with Crippen LogP contribution in [0.15, 0.2) is 54.6 Å². The van der Waals surface area contributed by atoms with Gasteiger partial charge < -0.3 is 5.32 Å². The number of aromatic nitrogens is 2. The minimum atomic E-state index is -0.695. The summed E-state index contributed by atoms with van der Waals surface area (Å²) in [5.41, 5.74) is 1.84. The van der Waals surface area contributed by atoms with Gasteiger partial charge in [0.1, 0.15) is 11.0 Å². The highest BCUT2D eigenvalue weighted by molar-refractivity contribution is 7.18. The highest BCUT2D eigenvalue weighted by Gasteiger charge is 2.22. The third kappa shape index (κ3) is 7.43. The van der Waals surface area contributed by atoms with Crippen LogP contribution in [-0.4, -0.2) is 28.1 Å². The summed E-state index contributed by atoms with van der Waals surface area (Å²) in [4.78, 5) is 25.5. The molecule has 0 aliphatic carbocycles. The molecular formula is C24H27ClN4O2S. The van der Waals surface area contributed by atoms with Crippen LogP contribution in [0.1, 0.15) is 44.6 Å². The SMILES string of the molecule is CCCCCCC(=O)NC(Cc1ccccc1)C(=O)Nc1nnc(-c2ccc(Cl)cc2)s1. The molecule has 0 aliphatic heterocycles. The van der Waals surface area contributed by atoms with Crippen molar-refractivity contribution in [3.8, 4) is 10.6 Å². The topological polar surface area (TPSA) is 84.0 Å². The van der Waals surface area contributed by atoms with E-state index in [4.69, 9.17) is 11.6 Å². The summed E-state index contributed by atoms with van der Waals surface area (Å²) in [7, 11) is 0. The summed E-state index contributed by atoms with van der Waals surface area (Å²) in [6, 6.07) is 16.2. The molecule has 1 atom stereocenters. The van der Waals surface area contributed by atoms with Crippen molar-refractivity contribution < 1.29 is 9.59 Å². The van der Waals surface area contributed by atoms with Crippen LogP contribution >= 0.6 is 22.9 Å². The lowest BCUT2D eigenvalue weighted by Gasteiger charge is -2.18. The van der Waals surface area contributed by atoms with Crippen molar-refractivity contribution in [3.63, 3.8) is 0 Å². The van der Waals surface area contributed by atoms with Gasteiger partial charge in [-0.2, -0.15) is 0 Å². The zero-order valence-electron chi connectivity index (χ0n) is 18.0. The van der Waals surface area contributed by atoms with Crippen molar-refractivity contribution >= 4 is 39.9 Å². The number of rotatable bonds is 11. The van der Waals surface area contributed by atoms with Crippen LogP contribution in [-0.2, 0) is 16.0 Å². The molecule has 168 valence electrons. The first-order chi connectivity index (χ1) is 15.5. The van der Waals surface area contributed by atoms with Gasteiger partial charge in [-0.05, 0) is 24.1 Å². The number of anilines is 1. The van der Waals surface area contributed by atoms with Gasteiger partial charge in [-0.25, -0.2) is 0 Å². The predicted octanol–water partition coefficient (Wildman–Crippen LogP) is 5.49. The Balaban J connectivity index is 1.66. The molecule has 0 bridgehead atoms. The van der Waals surface area contributed by atoms with E-state index in [1.807, 2.05) is 42.5 Å². The zero-order chi connectivity index (χ0) is 22.8. The molecule has 0 aliphatic rings. The number of nitrogens with zero attached hydrogens (tertiary/aromatic N) is 2. The van der Waals surface area contributed by atoms with Crippen molar-refractivity contribution in [1.82, 2.24) is 15.5 Å². The second-order valence-corrected chi connectivity index (χ2v) is 8.94. The molecule has 2 amide bonds. The second-order valence-electron chi connectivity index (χ2n) is 7.53. The van der Waals surface area contributed by atoms with Crippen LogP contribution in [0.2, 0.25) is 5.02 Å². The van der Waals surface area contributed by atoms with E-state index in [1.165, 1.54) is 11.3 Å². The molecule has 0 saturated carbocycles. The van der Waals surface area contributed by atoms with Crippen LogP contribution in [0.3, 0.4) is 0 Å². The number of nitrogens with one attached hydrogen (secondary N) is 2. The van der Waals surface area contributed by atoms with E-state index in [1.54, 1.807) is 12.1 Å². The van der Waals surface area contributed by atoms with Crippen molar-refractivity contribution in [1.29, 1.82) is 0 Å². The molecular weight excluding hydrogens is 444 g/mol.